The van der Waals surface area contributed by atoms with E-state index in [0.717, 1.165) is 6.20 Å². The van der Waals surface area contributed by atoms with Gasteiger partial charge in [-0.3, -0.25) is 9.78 Å². The summed E-state index contributed by atoms with van der Waals surface area (Å²) in [5.41, 5.74) is 0.0577. The average Bonchev–Trinajstić information content (AvgIpc) is 2.72. The number of carbonyl (C=O) groups is 2. The Morgan fingerprint density at radius 1 is 1.26 bits per heavy atom. The van der Waals surface area contributed by atoms with Crippen LogP contribution in [0.1, 0.15) is 37.1 Å². The van der Waals surface area contributed by atoms with Crippen molar-refractivity contribution in [1.29, 1.82) is 0 Å². The second-order valence-corrected chi connectivity index (χ2v) is 7.66. The van der Waals surface area contributed by atoms with Gasteiger partial charge in [0.15, 0.2) is 0 Å². The summed E-state index contributed by atoms with van der Waals surface area (Å²) in [6.45, 7) is 1.87. The summed E-state index contributed by atoms with van der Waals surface area (Å²) in [4.78, 5) is 30.7. The predicted octanol–water partition coefficient (Wildman–Crippen LogP) is 3.23. The van der Waals surface area contributed by atoms with Gasteiger partial charge >= 0.3 is 6.03 Å². The number of hydrogen-bond acceptors (Lipinski definition) is 4. The minimum atomic E-state index is -0.905. The molecule has 164 valence electrons. The van der Waals surface area contributed by atoms with Crippen LogP contribution in [0, 0.1) is 17.5 Å². The maximum atomic E-state index is 14.0. The van der Waals surface area contributed by atoms with E-state index < -0.39 is 41.0 Å². The van der Waals surface area contributed by atoms with Crippen LogP contribution < -0.4 is 10.6 Å². The standard InChI is InChI=1S/C21H21F3N4O3/c1-12(19-16(24)9-14(23)10-25-19)26-18(29)11-28-20(30)27-17-3-2-13(22)8-15(17)21(28)4-6-31-7-5-21/h2-3,8-10,12H,4-7,11H2,1H3,(H,26,29)(H,27,30)/t12-/m0/s1. The summed E-state index contributed by atoms with van der Waals surface area (Å²) < 4.78 is 46.6. The van der Waals surface area contributed by atoms with Crippen molar-refractivity contribution in [2.45, 2.75) is 31.3 Å². The fourth-order valence-electron chi connectivity index (χ4n) is 4.25. The molecule has 2 aliphatic rings. The number of carbonyl (C=O) groups excluding carboxylic acids is 2. The SMILES string of the molecule is C[C@H](NC(=O)CN1C(=O)Nc2ccc(F)cc2C12CCOCC2)c1ncc(F)cc1F. The van der Waals surface area contributed by atoms with Crippen LogP contribution in [0.4, 0.5) is 23.7 Å². The molecule has 1 aromatic carbocycles. The number of benzene rings is 1. The van der Waals surface area contributed by atoms with Crippen molar-refractivity contribution >= 4 is 17.6 Å². The lowest BCUT2D eigenvalue weighted by atomic mass is 9.78. The van der Waals surface area contributed by atoms with E-state index in [1.165, 1.54) is 30.0 Å². The number of fused-ring (bicyclic) bond motifs is 2. The lowest BCUT2D eigenvalue weighted by molar-refractivity contribution is -0.124. The van der Waals surface area contributed by atoms with E-state index in [4.69, 9.17) is 4.74 Å². The zero-order valence-corrected chi connectivity index (χ0v) is 16.8. The number of hydrogen-bond donors (Lipinski definition) is 2. The van der Waals surface area contributed by atoms with Gasteiger partial charge in [0.2, 0.25) is 5.91 Å². The number of amides is 3. The molecule has 0 saturated carbocycles. The van der Waals surface area contributed by atoms with Crippen molar-refractivity contribution < 1.29 is 27.5 Å². The van der Waals surface area contributed by atoms with Gasteiger partial charge in [-0.1, -0.05) is 0 Å². The first kappa shape index (κ1) is 21.1. The summed E-state index contributed by atoms with van der Waals surface area (Å²) in [5, 5.41) is 5.29. The van der Waals surface area contributed by atoms with Crippen LogP contribution in [-0.2, 0) is 15.1 Å². The molecule has 2 aromatic rings. The van der Waals surface area contributed by atoms with Gasteiger partial charge in [0.05, 0.1) is 23.5 Å². The molecule has 1 spiro atoms. The van der Waals surface area contributed by atoms with Crippen LogP contribution in [0.5, 0.6) is 0 Å². The number of aromatic nitrogens is 1. The maximum Gasteiger partial charge on any atom is 0.323 e. The minimum absolute atomic E-state index is 0.119. The Kier molecular flexibility index (Phi) is 5.57. The van der Waals surface area contributed by atoms with Crippen LogP contribution in [0.3, 0.4) is 0 Å². The van der Waals surface area contributed by atoms with E-state index in [0.29, 0.717) is 43.4 Å². The zero-order valence-electron chi connectivity index (χ0n) is 16.8. The summed E-state index contributed by atoms with van der Waals surface area (Å²) in [5.74, 6) is -2.71. The minimum Gasteiger partial charge on any atom is -0.381 e. The fraction of sp³-hybridized carbons (Fsp3) is 0.381. The topological polar surface area (TPSA) is 83.6 Å². The third kappa shape index (κ3) is 3.95. The highest BCUT2D eigenvalue weighted by atomic mass is 19.1. The van der Waals surface area contributed by atoms with E-state index in [1.54, 1.807) is 0 Å². The number of rotatable bonds is 4. The third-order valence-corrected chi connectivity index (χ3v) is 5.73. The molecular weight excluding hydrogens is 413 g/mol. The van der Waals surface area contributed by atoms with Crippen molar-refractivity contribution in [2.75, 3.05) is 25.1 Å². The molecule has 1 fully saturated rings. The normalized spacial score (nSPS) is 18.3. The van der Waals surface area contributed by atoms with Crippen molar-refractivity contribution in [3.8, 4) is 0 Å². The average molecular weight is 434 g/mol. The molecule has 3 amide bonds. The van der Waals surface area contributed by atoms with E-state index in [1.807, 2.05) is 0 Å². The highest BCUT2D eigenvalue weighted by Gasteiger charge is 2.48. The van der Waals surface area contributed by atoms with Crippen molar-refractivity contribution in [1.82, 2.24) is 15.2 Å². The van der Waals surface area contributed by atoms with E-state index in [2.05, 4.69) is 15.6 Å². The van der Waals surface area contributed by atoms with Gasteiger partial charge in [0.1, 0.15) is 24.0 Å². The lowest BCUT2D eigenvalue weighted by Gasteiger charge is -2.49. The van der Waals surface area contributed by atoms with Crippen molar-refractivity contribution in [3.63, 3.8) is 0 Å². The molecule has 7 nitrogen and oxygen atoms in total. The smallest absolute Gasteiger partial charge is 0.323 e. The molecule has 0 unspecified atom stereocenters. The molecule has 4 rings (SSSR count). The predicted molar refractivity (Wildman–Crippen MR) is 105 cm³/mol. The van der Waals surface area contributed by atoms with Crippen LogP contribution in [0.15, 0.2) is 30.5 Å². The zero-order chi connectivity index (χ0) is 22.2. The molecule has 2 aliphatic heterocycles. The Labute approximate surface area is 176 Å². The highest BCUT2D eigenvalue weighted by Crippen LogP contribution is 2.45. The number of nitrogens with zero attached hydrogens (tertiary/aromatic N) is 2. The largest absolute Gasteiger partial charge is 0.381 e. The molecule has 1 aromatic heterocycles. The third-order valence-electron chi connectivity index (χ3n) is 5.73. The Hall–Kier alpha value is -3.14. The van der Waals surface area contributed by atoms with Crippen LogP contribution in [0.25, 0.3) is 0 Å². The van der Waals surface area contributed by atoms with Crippen molar-refractivity contribution in [2.24, 2.45) is 0 Å². The molecule has 10 heteroatoms. The Bertz CT molecular complexity index is 1030. The highest BCUT2D eigenvalue weighted by molar-refractivity contribution is 5.96. The second-order valence-electron chi connectivity index (χ2n) is 7.66. The number of anilines is 1. The second kappa shape index (κ2) is 8.18. The van der Waals surface area contributed by atoms with Crippen LogP contribution >= 0.6 is 0 Å². The lowest BCUT2D eigenvalue weighted by Crippen LogP contribution is -2.59. The Morgan fingerprint density at radius 2 is 2.00 bits per heavy atom. The number of pyridine rings is 1. The van der Waals surface area contributed by atoms with Gasteiger partial charge in [0, 0.05) is 30.5 Å². The molecule has 0 aliphatic carbocycles. The number of ether oxygens (including phenoxy) is 1. The first-order valence-electron chi connectivity index (χ1n) is 9.87. The quantitative estimate of drug-likeness (QED) is 0.774. The first-order chi connectivity index (χ1) is 14.8. The molecule has 1 saturated heterocycles. The number of halogens is 3. The number of urea groups is 1. The van der Waals surface area contributed by atoms with E-state index in [9.17, 15) is 22.8 Å². The first-order valence-corrected chi connectivity index (χ1v) is 9.87. The fourth-order valence-corrected chi connectivity index (χ4v) is 4.25. The van der Waals surface area contributed by atoms with Gasteiger partial charge in [0.25, 0.3) is 0 Å². The van der Waals surface area contributed by atoms with Crippen LogP contribution in [0.2, 0.25) is 0 Å². The molecule has 3 heterocycles. The summed E-state index contributed by atoms with van der Waals surface area (Å²) in [6, 6.07) is 3.48. The van der Waals surface area contributed by atoms with Gasteiger partial charge in [-0.25, -0.2) is 18.0 Å². The monoisotopic (exact) mass is 434 g/mol. The van der Waals surface area contributed by atoms with Crippen LogP contribution in [-0.4, -0.2) is 41.6 Å². The van der Waals surface area contributed by atoms with E-state index in [-0.39, 0.29) is 12.2 Å². The molecule has 0 bridgehead atoms. The Balaban J connectivity index is 1.58. The molecular formula is C21H21F3N4O3. The Morgan fingerprint density at radius 3 is 2.71 bits per heavy atom. The molecule has 2 N–H and O–H groups in total. The van der Waals surface area contributed by atoms with Gasteiger partial charge in [-0.15, -0.1) is 0 Å². The van der Waals surface area contributed by atoms with E-state index >= 15 is 0 Å². The summed E-state index contributed by atoms with van der Waals surface area (Å²) in [7, 11) is 0. The molecule has 0 radical (unpaired) electrons. The summed E-state index contributed by atoms with van der Waals surface area (Å²) >= 11 is 0. The molecule has 1 atom stereocenters. The van der Waals surface area contributed by atoms with Crippen molar-refractivity contribution in [3.05, 3.63) is 59.2 Å². The van der Waals surface area contributed by atoms with Gasteiger partial charge in [-0.2, -0.15) is 0 Å². The van der Waals surface area contributed by atoms with Gasteiger partial charge in [-0.05, 0) is 38.0 Å². The number of nitrogens with one attached hydrogen (secondary N) is 2. The maximum absolute atomic E-state index is 14.0. The molecule has 31 heavy (non-hydrogen) atoms. The summed E-state index contributed by atoms with van der Waals surface area (Å²) in [6.07, 6.45) is 1.66. The van der Waals surface area contributed by atoms with Gasteiger partial charge < -0.3 is 20.3 Å².